The summed E-state index contributed by atoms with van der Waals surface area (Å²) < 4.78 is 53.5. The van der Waals surface area contributed by atoms with Gasteiger partial charge in [0.05, 0.1) is 19.9 Å². The van der Waals surface area contributed by atoms with Gasteiger partial charge in [0.15, 0.2) is 12.4 Å². The first kappa shape index (κ1) is 18.5. The van der Waals surface area contributed by atoms with Gasteiger partial charge < -0.3 is 14.2 Å². The minimum Gasteiger partial charge on any atom is -0.497 e. The van der Waals surface area contributed by atoms with Crippen LogP contribution in [0.3, 0.4) is 0 Å². The summed E-state index contributed by atoms with van der Waals surface area (Å²) in [6.45, 7) is -1.49. The maximum absolute atomic E-state index is 12.4. The van der Waals surface area contributed by atoms with E-state index in [0.29, 0.717) is 22.9 Å². The van der Waals surface area contributed by atoms with Crippen LogP contribution < -0.4 is 14.2 Å². The largest absolute Gasteiger partial charge is 0.497 e. The number of alkyl halides is 3. The lowest BCUT2D eigenvalue weighted by molar-refractivity contribution is -0.154. The molecule has 3 rings (SSSR count). The molecule has 1 aromatic carbocycles. The molecular weight excluding hydrogens is 365 g/mol. The van der Waals surface area contributed by atoms with E-state index >= 15 is 0 Å². The van der Waals surface area contributed by atoms with Gasteiger partial charge in [-0.1, -0.05) is 0 Å². The Morgan fingerprint density at radius 1 is 1.00 bits per heavy atom. The average Bonchev–Trinajstić information content (AvgIpc) is 3.10. The third-order valence-electron chi connectivity index (χ3n) is 3.47. The van der Waals surface area contributed by atoms with Gasteiger partial charge >= 0.3 is 12.2 Å². The van der Waals surface area contributed by atoms with E-state index < -0.39 is 18.8 Å². The van der Waals surface area contributed by atoms with E-state index in [1.165, 1.54) is 25.1 Å². The number of ether oxygens (including phenoxy) is 3. The number of aromatic nitrogens is 4. The lowest BCUT2D eigenvalue weighted by Gasteiger charge is -2.07. The molecular formula is C17H15F3N4O3. The minimum absolute atomic E-state index is 0.271. The summed E-state index contributed by atoms with van der Waals surface area (Å²) in [6.07, 6.45) is -3.01. The fourth-order valence-electron chi connectivity index (χ4n) is 2.22. The van der Waals surface area contributed by atoms with E-state index in [0.717, 1.165) is 0 Å². The zero-order chi connectivity index (χ0) is 19.4. The van der Waals surface area contributed by atoms with Gasteiger partial charge in [0.25, 0.3) is 0 Å². The smallest absolute Gasteiger partial charge is 0.422 e. The molecule has 0 saturated carbocycles. The second kappa shape index (κ2) is 7.52. The Labute approximate surface area is 152 Å². The molecule has 2 aromatic heterocycles. The predicted octanol–water partition coefficient (Wildman–Crippen LogP) is 3.29. The van der Waals surface area contributed by atoms with Crippen LogP contribution in [0, 0.1) is 0 Å². The molecule has 27 heavy (non-hydrogen) atoms. The van der Waals surface area contributed by atoms with Crippen molar-refractivity contribution >= 4 is 0 Å². The Balaban J connectivity index is 2.00. The molecule has 0 spiro atoms. The highest BCUT2D eigenvalue weighted by Gasteiger charge is 2.29. The van der Waals surface area contributed by atoms with Crippen LogP contribution in [0.15, 0.2) is 42.6 Å². The zero-order valence-corrected chi connectivity index (χ0v) is 14.4. The molecule has 7 nitrogen and oxygen atoms in total. The first-order valence-electron chi connectivity index (χ1n) is 7.71. The van der Waals surface area contributed by atoms with E-state index in [9.17, 15) is 13.2 Å². The van der Waals surface area contributed by atoms with Gasteiger partial charge in [0, 0.05) is 17.8 Å². The molecule has 3 aromatic rings. The molecule has 0 bridgehead atoms. The lowest BCUT2D eigenvalue weighted by Crippen LogP contribution is -2.19. The molecule has 0 unspecified atom stereocenters. The molecule has 0 N–H and O–H groups in total. The van der Waals surface area contributed by atoms with Crippen LogP contribution in [0.1, 0.15) is 0 Å². The number of benzene rings is 1. The number of hydrogen-bond acceptors (Lipinski definition) is 6. The monoisotopic (exact) mass is 380 g/mol. The quantitative estimate of drug-likeness (QED) is 0.654. The third kappa shape index (κ3) is 4.46. The van der Waals surface area contributed by atoms with Gasteiger partial charge in [-0.05, 0) is 30.3 Å². The Morgan fingerprint density at radius 3 is 2.30 bits per heavy atom. The fraction of sp³-hybridized carbons (Fsp3) is 0.235. The first-order chi connectivity index (χ1) is 12.9. The number of nitrogens with zero attached hydrogens (tertiary/aromatic N) is 4. The second-order valence-electron chi connectivity index (χ2n) is 5.32. The lowest BCUT2D eigenvalue weighted by atomic mass is 10.2. The van der Waals surface area contributed by atoms with Crippen molar-refractivity contribution < 1.29 is 27.4 Å². The predicted molar refractivity (Wildman–Crippen MR) is 89.2 cm³/mol. The number of hydrogen-bond donors (Lipinski definition) is 0. The van der Waals surface area contributed by atoms with Gasteiger partial charge in [-0.15, -0.1) is 5.10 Å². The fourth-order valence-corrected chi connectivity index (χ4v) is 2.22. The van der Waals surface area contributed by atoms with Gasteiger partial charge in [0.1, 0.15) is 5.75 Å². The Bertz CT molecular complexity index is 828. The standard InChI is InChI=1S/C17H15F3N4O3/c1-25-13-6-4-12(5-7-13)24-15(11-3-8-14(26-2)21-9-11)22-16(23-24)27-10-17(18,19)20/h3-9H,10H2,1-2H3. The third-order valence-corrected chi connectivity index (χ3v) is 3.47. The molecule has 142 valence electrons. The summed E-state index contributed by atoms with van der Waals surface area (Å²) >= 11 is 0. The molecule has 10 heteroatoms. The van der Waals surface area contributed by atoms with Crippen LogP contribution >= 0.6 is 0 Å². The van der Waals surface area contributed by atoms with Gasteiger partial charge in [-0.2, -0.15) is 18.2 Å². The summed E-state index contributed by atoms with van der Waals surface area (Å²) in [5.41, 5.74) is 1.09. The highest BCUT2D eigenvalue weighted by molar-refractivity contribution is 5.58. The van der Waals surface area contributed by atoms with Gasteiger partial charge in [-0.25, -0.2) is 9.67 Å². The van der Waals surface area contributed by atoms with Crippen molar-refractivity contribution in [2.75, 3.05) is 20.8 Å². The van der Waals surface area contributed by atoms with Crippen molar-refractivity contribution in [3.63, 3.8) is 0 Å². The van der Waals surface area contributed by atoms with E-state index in [1.54, 1.807) is 36.4 Å². The topological polar surface area (TPSA) is 71.3 Å². The number of pyridine rings is 1. The molecule has 0 saturated heterocycles. The zero-order valence-electron chi connectivity index (χ0n) is 14.4. The van der Waals surface area contributed by atoms with E-state index in [2.05, 4.69) is 19.8 Å². The van der Waals surface area contributed by atoms with Gasteiger partial charge in [0.2, 0.25) is 5.88 Å². The van der Waals surface area contributed by atoms with Crippen molar-refractivity contribution in [2.24, 2.45) is 0 Å². The van der Waals surface area contributed by atoms with Crippen LogP contribution in [0.2, 0.25) is 0 Å². The Hall–Kier alpha value is -3.30. The first-order valence-corrected chi connectivity index (χ1v) is 7.71. The van der Waals surface area contributed by atoms with E-state index in [1.807, 2.05) is 0 Å². The summed E-state index contributed by atoms with van der Waals surface area (Å²) in [5.74, 6) is 1.29. The van der Waals surface area contributed by atoms with Crippen LogP contribution in [0.25, 0.3) is 17.1 Å². The SMILES string of the molecule is COc1ccc(-n2nc(OCC(F)(F)F)nc2-c2ccc(OC)nc2)cc1. The van der Waals surface area contributed by atoms with Crippen molar-refractivity contribution in [2.45, 2.75) is 6.18 Å². The maximum atomic E-state index is 12.4. The summed E-state index contributed by atoms with van der Waals surface area (Å²) in [7, 11) is 3.01. The molecule has 0 aliphatic carbocycles. The molecule has 2 heterocycles. The van der Waals surface area contributed by atoms with E-state index in [-0.39, 0.29) is 5.82 Å². The van der Waals surface area contributed by atoms with Crippen molar-refractivity contribution in [1.82, 2.24) is 19.7 Å². The van der Waals surface area contributed by atoms with Crippen LogP contribution in [0.4, 0.5) is 13.2 Å². The minimum atomic E-state index is -4.49. The van der Waals surface area contributed by atoms with Crippen LogP contribution in [-0.2, 0) is 0 Å². The van der Waals surface area contributed by atoms with Crippen molar-refractivity contribution in [3.05, 3.63) is 42.6 Å². The highest BCUT2D eigenvalue weighted by atomic mass is 19.4. The second-order valence-corrected chi connectivity index (χ2v) is 5.32. The van der Waals surface area contributed by atoms with Crippen molar-refractivity contribution in [1.29, 1.82) is 0 Å². The highest BCUT2D eigenvalue weighted by Crippen LogP contribution is 2.26. The Kier molecular flexibility index (Phi) is 5.15. The van der Waals surface area contributed by atoms with Crippen LogP contribution in [-0.4, -0.2) is 46.8 Å². The van der Waals surface area contributed by atoms with Gasteiger partial charge in [-0.3, -0.25) is 0 Å². The number of rotatable bonds is 6. The summed E-state index contributed by atoms with van der Waals surface area (Å²) in [6, 6.07) is 9.67. The molecule has 0 fully saturated rings. The Morgan fingerprint density at radius 2 is 1.74 bits per heavy atom. The number of methoxy groups -OCH3 is 2. The van der Waals surface area contributed by atoms with Crippen molar-refractivity contribution in [3.8, 4) is 34.7 Å². The molecule has 0 aliphatic heterocycles. The number of halogens is 3. The normalized spacial score (nSPS) is 11.3. The maximum Gasteiger partial charge on any atom is 0.422 e. The molecule has 0 radical (unpaired) electrons. The van der Waals surface area contributed by atoms with Crippen LogP contribution in [0.5, 0.6) is 17.6 Å². The average molecular weight is 380 g/mol. The summed E-state index contributed by atoms with van der Waals surface area (Å²) in [5, 5.41) is 4.04. The molecule has 0 atom stereocenters. The van der Waals surface area contributed by atoms with E-state index in [4.69, 9.17) is 9.47 Å². The summed E-state index contributed by atoms with van der Waals surface area (Å²) in [4.78, 5) is 8.16. The molecule has 0 amide bonds. The molecule has 0 aliphatic rings.